The molecule has 77 heavy (non-hydrogen) atoms. The van der Waals surface area contributed by atoms with Crippen molar-refractivity contribution in [2.45, 2.75) is 353 Å². The molecule has 0 aliphatic rings. The molecular weight excluding hydrogens is 972 g/mol. The summed E-state index contributed by atoms with van der Waals surface area (Å²) in [5.74, 6) is -0.171. The smallest absolute Gasteiger partial charge is 0.387 e. The first kappa shape index (κ1) is 75.7. The summed E-state index contributed by atoms with van der Waals surface area (Å²) in [7, 11) is 1.59. The number of rotatable bonds is 63. The van der Waals surface area contributed by atoms with E-state index in [-0.39, 0.29) is 19.1 Å². The van der Waals surface area contributed by atoms with E-state index in [1.807, 2.05) is 27.2 Å². The van der Waals surface area contributed by atoms with Gasteiger partial charge in [0.2, 0.25) is 5.91 Å². The van der Waals surface area contributed by atoms with Gasteiger partial charge in [-0.25, -0.2) is 4.57 Å². The van der Waals surface area contributed by atoms with Crippen LogP contribution in [0.15, 0.2) is 36.5 Å². The number of nitrogens with zero attached hydrogens (tertiary/aromatic N) is 1. The van der Waals surface area contributed by atoms with Crippen molar-refractivity contribution in [3.63, 3.8) is 0 Å². The van der Waals surface area contributed by atoms with E-state index in [0.717, 1.165) is 38.5 Å². The van der Waals surface area contributed by atoms with Gasteiger partial charge < -0.3 is 19.8 Å². The number of aliphatic hydroxyl groups is 1. The van der Waals surface area contributed by atoms with Crippen LogP contribution in [0.25, 0.3) is 0 Å². The number of phosphoric ester groups is 1. The van der Waals surface area contributed by atoms with Gasteiger partial charge in [0.1, 0.15) is 13.2 Å². The van der Waals surface area contributed by atoms with Crippen molar-refractivity contribution in [1.82, 2.24) is 5.32 Å². The van der Waals surface area contributed by atoms with Crippen LogP contribution in [0.4, 0.5) is 0 Å². The molecule has 0 saturated heterocycles. The minimum atomic E-state index is -4.35. The molecule has 0 rings (SSSR count). The molecule has 0 radical (unpaired) electrons. The molecule has 0 aromatic carbocycles. The lowest BCUT2D eigenvalue weighted by Crippen LogP contribution is -2.45. The molecule has 0 aliphatic carbocycles. The molecule has 0 fully saturated rings. The number of hydrogen-bond donors (Lipinski definition) is 3. The molecule has 0 heterocycles. The first-order valence-electron chi connectivity index (χ1n) is 33.9. The second kappa shape index (κ2) is 59.3. The Labute approximate surface area is 480 Å². The van der Waals surface area contributed by atoms with Gasteiger partial charge in [0.25, 0.3) is 0 Å². The van der Waals surface area contributed by atoms with Crippen LogP contribution >= 0.6 is 7.82 Å². The maximum Gasteiger partial charge on any atom is 0.472 e. The van der Waals surface area contributed by atoms with Crippen molar-refractivity contribution in [3.8, 4) is 0 Å². The van der Waals surface area contributed by atoms with Gasteiger partial charge in [-0.2, -0.15) is 0 Å². The van der Waals surface area contributed by atoms with E-state index < -0.39 is 20.0 Å². The largest absolute Gasteiger partial charge is 0.472 e. The zero-order valence-corrected chi connectivity index (χ0v) is 53.1. The average molecular weight is 1110 g/mol. The van der Waals surface area contributed by atoms with E-state index in [1.54, 1.807) is 6.08 Å². The highest BCUT2D eigenvalue weighted by molar-refractivity contribution is 7.47. The number of quaternary nitrogens is 1. The molecule has 8 nitrogen and oxygen atoms in total. The normalized spacial score (nSPS) is 13.9. The Morgan fingerprint density at radius 3 is 1.06 bits per heavy atom. The van der Waals surface area contributed by atoms with Crippen molar-refractivity contribution in [2.24, 2.45) is 0 Å². The summed E-state index contributed by atoms with van der Waals surface area (Å²) in [6.45, 7) is 4.87. The summed E-state index contributed by atoms with van der Waals surface area (Å²) >= 11 is 0. The van der Waals surface area contributed by atoms with E-state index in [1.165, 1.54) is 283 Å². The van der Waals surface area contributed by atoms with Gasteiger partial charge in [-0.3, -0.25) is 13.8 Å². The second-order valence-electron chi connectivity index (χ2n) is 24.6. The standard InChI is InChI=1S/C68H133N2O6P/c1-6-8-10-12-14-16-18-20-22-24-26-28-30-31-32-33-34-35-36-37-38-39-40-42-44-46-48-50-52-54-56-58-60-62-68(72)69-66(65-76-77(73,74)75-64-63-70(3,4)5)67(71)61-59-57-55-53-51-49-47-45-43-41-29-27-25-23-21-19-17-15-13-11-9-7-2/h26,28,31-32,59,61,66-67,71H,6-25,27,29-30,33-58,60,62-65H2,1-5H3,(H-,69,72,73,74)/p+1/b28-26-,32-31-,61-59+. The molecule has 3 unspecified atom stereocenters. The fourth-order valence-corrected chi connectivity index (χ4v) is 11.0. The minimum absolute atomic E-state index is 0.0632. The summed E-state index contributed by atoms with van der Waals surface area (Å²) in [5, 5.41) is 14.0. The highest BCUT2D eigenvalue weighted by Crippen LogP contribution is 2.43. The van der Waals surface area contributed by atoms with Crippen molar-refractivity contribution < 1.29 is 32.9 Å². The number of amides is 1. The van der Waals surface area contributed by atoms with Crippen LogP contribution in [0.2, 0.25) is 0 Å². The van der Waals surface area contributed by atoms with Crippen molar-refractivity contribution in [1.29, 1.82) is 0 Å². The van der Waals surface area contributed by atoms with Crippen LogP contribution in [0.3, 0.4) is 0 Å². The van der Waals surface area contributed by atoms with E-state index >= 15 is 0 Å². The van der Waals surface area contributed by atoms with Crippen LogP contribution < -0.4 is 5.32 Å². The number of likely N-dealkylation sites (N-methyl/N-ethyl adjacent to an activating group) is 1. The molecule has 0 aliphatic heterocycles. The lowest BCUT2D eigenvalue weighted by molar-refractivity contribution is -0.870. The lowest BCUT2D eigenvalue weighted by atomic mass is 10.0. The molecule has 0 bridgehead atoms. The van der Waals surface area contributed by atoms with Crippen LogP contribution in [-0.4, -0.2) is 73.4 Å². The fourth-order valence-electron chi connectivity index (χ4n) is 10.3. The first-order valence-corrected chi connectivity index (χ1v) is 35.4. The van der Waals surface area contributed by atoms with Crippen LogP contribution in [-0.2, 0) is 18.4 Å². The van der Waals surface area contributed by atoms with Gasteiger partial charge in [-0.05, 0) is 51.4 Å². The van der Waals surface area contributed by atoms with Crippen molar-refractivity contribution in [2.75, 3.05) is 40.9 Å². The van der Waals surface area contributed by atoms with Gasteiger partial charge >= 0.3 is 7.82 Å². The minimum Gasteiger partial charge on any atom is -0.387 e. The monoisotopic (exact) mass is 1110 g/mol. The quantitative estimate of drug-likeness (QED) is 0.0243. The topological polar surface area (TPSA) is 105 Å². The molecule has 0 spiro atoms. The maximum absolute atomic E-state index is 13.0. The van der Waals surface area contributed by atoms with E-state index in [4.69, 9.17) is 9.05 Å². The molecule has 456 valence electrons. The predicted molar refractivity (Wildman–Crippen MR) is 337 cm³/mol. The number of allylic oxidation sites excluding steroid dienone is 5. The van der Waals surface area contributed by atoms with Gasteiger partial charge in [0.15, 0.2) is 0 Å². The zero-order valence-electron chi connectivity index (χ0n) is 52.2. The van der Waals surface area contributed by atoms with Crippen LogP contribution in [0, 0.1) is 0 Å². The molecule has 3 atom stereocenters. The number of hydrogen-bond acceptors (Lipinski definition) is 5. The highest BCUT2D eigenvalue weighted by atomic mass is 31.2. The van der Waals surface area contributed by atoms with Crippen molar-refractivity contribution >= 4 is 13.7 Å². The van der Waals surface area contributed by atoms with E-state index in [0.29, 0.717) is 17.4 Å². The Hall–Kier alpha value is -1.28. The molecule has 0 aromatic heterocycles. The SMILES string of the molecule is CCCCCCCCCCC/C=C\C/C=C\CCCCCCCCCCCCCCCCCCCC(=O)NC(COP(=O)(O)OCC[N+](C)(C)C)C(O)/C=C/CCCCCCCCCCCCCCCCCCCCCC. The molecule has 0 aromatic rings. The Balaban J connectivity index is 4.04. The van der Waals surface area contributed by atoms with Crippen LogP contribution in [0.5, 0.6) is 0 Å². The Kier molecular flexibility index (Phi) is 58.4. The maximum atomic E-state index is 13.0. The molecule has 0 saturated carbocycles. The first-order chi connectivity index (χ1) is 37.5. The number of phosphoric acid groups is 1. The Morgan fingerprint density at radius 1 is 0.442 bits per heavy atom. The third-order valence-electron chi connectivity index (χ3n) is 15.6. The molecule has 9 heteroatoms. The van der Waals surface area contributed by atoms with Crippen molar-refractivity contribution in [3.05, 3.63) is 36.5 Å². The number of aliphatic hydroxyl groups excluding tert-OH is 1. The molecule has 3 N–H and O–H groups in total. The third kappa shape index (κ3) is 62.2. The van der Waals surface area contributed by atoms with Gasteiger partial charge in [0.05, 0.1) is 39.9 Å². The summed E-state index contributed by atoms with van der Waals surface area (Å²) in [6.07, 6.45) is 78.5. The molecule has 1 amide bonds. The summed E-state index contributed by atoms with van der Waals surface area (Å²) in [5.41, 5.74) is 0. The van der Waals surface area contributed by atoms with E-state index in [2.05, 4.69) is 43.5 Å². The highest BCUT2D eigenvalue weighted by Gasteiger charge is 2.28. The van der Waals surface area contributed by atoms with Gasteiger partial charge in [-0.15, -0.1) is 0 Å². The Bertz CT molecular complexity index is 1350. The fraction of sp³-hybridized carbons (Fsp3) is 0.897. The summed E-state index contributed by atoms with van der Waals surface area (Å²) in [4.78, 5) is 23.4. The lowest BCUT2D eigenvalue weighted by Gasteiger charge is -2.25. The average Bonchev–Trinajstić information content (AvgIpc) is 3.39. The number of nitrogens with one attached hydrogen (secondary N) is 1. The second-order valence-corrected chi connectivity index (χ2v) is 26.0. The predicted octanol–water partition coefficient (Wildman–Crippen LogP) is 21.3. The third-order valence-corrected chi connectivity index (χ3v) is 16.6. The Morgan fingerprint density at radius 2 is 0.740 bits per heavy atom. The number of unbranched alkanes of at least 4 members (excludes halogenated alkanes) is 46. The summed E-state index contributed by atoms with van der Waals surface area (Å²) in [6, 6.07) is -0.846. The van der Waals surface area contributed by atoms with Gasteiger partial charge in [0, 0.05) is 6.42 Å². The summed E-state index contributed by atoms with van der Waals surface area (Å²) < 4.78 is 23.8. The number of carbonyl (C=O) groups excluding carboxylic acids is 1. The van der Waals surface area contributed by atoms with Crippen LogP contribution in [0.1, 0.15) is 341 Å². The number of carbonyl (C=O) groups is 1. The zero-order chi connectivity index (χ0) is 56.3. The van der Waals surface area contributed by atoms with E-state index in [9.17, 15) is 19.4 Å². The molecular formula is C68H134N2O6P+. The van der Waals surface area contributed by atoms with Gasteiger partial charge in [-0.1, -0.05) is 320 Å².